The summed E-state index contributed by atoms with van der Waals surface area (Å²) in [5.74, 6) is 3.48. The normalized spacial score (nSPS) is 16.3. The van der Waals surface area contributed by atoms with Gasteiger partial charge >= 0.3 is 0 Å². The predicted molar refractivity (Wildman–Crippen MR) is 68.6 cm³/mol. The Balaban J connectivity index is 2.08. The second-order valence-electron chi connectivity index (χ2n) is 4.65. The van der Waals surface area contributed by atoms with Crippen molar-refractivity contribution in [3.05, 3.63) is 24.0 Å². The Kier molecular flexibility index (Phi) is 3.65. The van der Waals surface area contributed by atoms with Crippen LogP contribution in [0.2, 0.25) is 0 Å². The van der Waals surface area contributed by atoms with Gasteiger partial charge in [0.25, 0.3) is 0 Å². The molecule has 0 saturated heterocycles. The van der Waals surface area contributed by atoms with Crippen LogP contribution in [0, 0.1) is 18.3 Å². The zero-order chi connectivity index (χ0) is 12.3. The summed E-state index contributed by atoms with van der Waals surface area (Å²) >= 11 is 0. The fourth-order valence-electron chi connectivity index (χ4n) is 1.82. The highest BCUT2D eigenvalue weighted by atomic mass is 16.3. The molecule has 3 nitrogen and oxygen atoms in total. The van der Waals surface area contributed by atoms with Gasteiger partial charge in [0.15, 0.2) is 0 Å². The van der Waals surface area contributed by atoms with E-state index in [0.29, 0.717) is 12.2 Å². The first kappa shape index (κ1) is 11.9. The average molecular weight is 230 g/mol. The van der Waals surface area contributed by atoms with Crippen molar-refractivity contribution in [3.63, 3.8) is 0 Å². The number of aliphatic hydroxyl groups is 1. The highest BCUT2D eigenvalue weighted by Gasteiger charge is 2.24. The number of anilines is 1. The first-order valence-electron chi connectivity index (χ1n) is 6.03. The van der Waals surface area contributed by atoms with E-state index in [2.05, 4.69) is 15.8 Å². The molecule has 1 N–H and O–H groups in total. The summed E-state index contributed by atoms with van der Waals surface area (Å²) in [6.07, 6.45) is 9.27. The van der Waals surface area contributed by atoms with E-state index in [1.807, 2.05) is 12.1 Å². The monoisotopic (exact) mass is 230 g/mol. The minimum atomic E-state index is -0.520. The molecule has 0 spiro atoms. The lowest BCUT2D eigenvalue weighted by Gasteiger charge is -2.22. The molecule has 1 fully saturated rings. The zero-order valence-electron chi connectivity index (χ0n) is 10.1. The molecular weight excluding hydrogens is 212 g/mol. The van der Waals surface area contributed by atoms with Crippen molar-refractivity contribution >= 4 is 5.69 Å². The van der Waals surface area contributed by atoms with Crippen LogP contribution < -0.4 is 4.90 Å². The van der Waals surface area contributed by atoms with Crippen molar-refractivity contribution in [2.24, 2.45) is 5.92 Å². The lowest BCUT2D eigenvalue weighted by atomic mass is 10.2. The summed E-state index contributed by atoms with van der Waals surface area (Å²) in [6.45, 7) is 3.34. The maximum Gasteiger partial charge on any atom is 0.0931 e. The van der Waals surface area contributed by atoms with Gasteiger partial charge in [-0.25, -0.2) is 0 Å². The summed E-state index contributed by atoms with van der Waals surface area (Å²) in [6, 6.07) is 3.84. The smallest absolute Gasteiger partial charge is 0.0931 e. The molecule has 1 aromatic heterocycles. The van der Waals surface area contributed by atoms with E-state index in [4.69, 9.17) is 6.42 Å². The summed E-state index contributed by atoms with van der Waals surface area (Å²) < 4.78 is 0. The standard InChI is InChI=1S/C14H18N2O/c1-3-8-16(10-12-4-5-12)13-6-7-14(11(2)17)15-9-13/h1,6-7,9,11-12,17H,4-5,8,10H2,2H3. The van der Waals surface area contributed by atoms with Crippen LogP contribution in [0.5, 0.6) is 0 Å². The van der Waals surface area contributed by atoms with Gasteiger partial charge in [0, 0.05) is 6.54 Å². The second kappa shape index (κ2) is 5.20. The van der Waals surface area contributed by atoms with Crippen molar-refractivity contribution in [1.29, 1.82) is 0 Å². The van der Waals surface area contributed by atoms with E-state index >= 15 is 0 Å². The minimum Gasteiger partial charge on any atom is -0.387 e. The van der Waals surface area contributed by atoms with Crippen LogP contribution in [-0.4, -0.2) is 23.2 Å². The molecule has 0 bridgehead atoms. The molecule has 2 rings (SSSR count). The van der Waals surface area contributed by atoms with Crippen molar-refractivity contribution in [2.75, 3.05) is 18.0 Å². The Morgan fingerprint density at radius 1 is 1.59 bits per heavy atom. The molecule has 0 aromatic carbocycles. The van der Waals surface area contributed by atoms with Gasteiger partial charge in [-0.05, 0) is 37.8 Å². The van der Waals surface area contributed by atoms with Crippen molar-refractivity contribution in [1.82, 2.24) is 4.98 Å². The molecule has 90 valence electrons. The van der Waals surface area contributed by atoms with E-state index in [-0.39, 0.29) is 0 Å². The van der Waals surface area contributed by atoms with Gasteiger partial charge in [-0.3, -0.25) is 4.98 Å². The number of pyridine rings is 1. The Bertz CT molecular complexity index is 401. The Morgan fingerprint density at radius 3 is 2.82 bits per heavy atom. The fraction of sp³-hybridized carbons (Fsp3) is 0.500. The molecule has 17 heavy (non-hydrogen) atoms. The molecule has 1 aromatic rings. The molecular formula is C14H18N2O. The fourth-order valence-corrected chi connectivity index (χ4v) is 1.82. The van der Waals surface area contributed by atoms with E-state index < -0.39 is 6.10 Å². The number of rotatable bonds is 5. The summed E-state index contributed by atoms with van der Waals surface area (Å²) in [4.78, 5) is 6.43. The van der Waals surface area contributed by atoms with Crippen LogP contribution in [0.25, 0.3) is 0 Å². The maximum atomic E-state index is 9.40. The van der Waals surface area contributed by atoms with E-state index in [9.17, 15) is 5.11 Å². The summed E-state index contributed by atoms with van der Waals surface area (Å²) in [7, 11) is 0. The highest BCUT2D eigenvalue weighted by molar-refractivity contribution is 5.46. The van der Waals surface area contributed by atoms with Crippen LogP contribution in [0.3, 0.4) is 0 Å². The quantitative estimate of drug-likeness (QED) is 0.786. The van der Waals surface area contributed by atoms with Gasteiger partial charge in [0.2, 0.25) is 0 Å². The third kappa shape index (κ3) is 3.21. The highest BCUT2D eigenvalue weighted by Crippen LogP contribution is 2.31. The molecule has 0 aliphatic heterocycles. The summed E-state index contributed by atoms with van der Waals surface area (Å²) in [5, 5.41) is 9.40. The Morgan fingerprint density at radius 2 is 2.35 bits per heavy atom. The van der Waals surface area contributed by atoms with Crippen LogP contribution in [-0.2, 0) is 0 Å². The van der Waals surface area contributed by atoms with Crippen molar-refractivity contribution < 1.29 is 5.11 Å². The third-order valence-electron chi connectivity index (χ3n) is 3.02. The molecule has 0 radical (unpaired) electrons. The van der Waals surface area contributed by atoms with Crippen LogP contribution >= 0.6 is 0 Å². The average Bonchev–Trinajstić information content (AvgIpc) is 3.13. The number of hydrogen-bond acceptors (Lipinski definition) is 3. The zero-order valence-corrected chi connectivity index (χ0v) is 10.1. The topological polar surface area (TPSA) is 36.4 Å². The van der Waals surface area contributed by atoms with Gasteiger partial charge in [-0.2, -0.15) is 0 Å². The lowest BCUT2D eigenvalue weighted by Crippen LogP contribution is -2.26. The first-order chi connectivity index (χ1) is 8.20. The van der Waals surface area contributed by atoms with Crippen LogP contribution in [0.4, 0.5) is 5.69 Å². The van der Waals surface area contributed by atoms with E-state index in [1.54, 1.807) is 13.1 Å². The number of nitrogens with zero attached hydrogens (tertiary/aromatic N) is 2. The molecule has 1 saturated carbocycles. The molecule has 1 aliphatic carbocycles. The van der Waals surface area contributed by atoms with Crippen molar-refractivity contribution in [3.8, 4) is 12.3 Å². The van der Waals surface area contributed by atoms with Gasteiger partial charge in [-0.1, -0.05) is 5.92 Å². The summed E-state index contributed by atoms with van der Waals surface area (Å²) in [5.41, 5.74) is 1.74. The van der Waals surface area contributed by atoms with Gasteiger partial charge in [0.05, 0.1) is 30.2 Å². The van der Waals surface area contributed by atoms with E-state index in [0.717, 1.165) is 18.2 Å². The minimum absolute atomic E-state index is 0.520. The lowest BCUT2D eigenvalue weighted by molar-refractivity contribution is 0.194. The molecule has 1 heterocycles. The predicted octanol–water partition coefficient (Wildman–Crippen LogP) is 1.98. The number of aromatic nitrogens is 1. The van der Waals surface area contributed by atoms with Crippen LogP contribution in [0.1, 0.15) is 31.6 Å². The molecule has 1 unspecified atom stereocenters. The van der Waals surface area contributed by atoms with Crippen molar-refractivity contribution in [2.45, 2.75) is 25.9 Å². The number of terminal acetylenes is 1. The van der Waals surface area contributed by atoms with Gasteiger partial charge in [0.1, 0.15) is 0 Å². The third-order valence-corrected chi connectivity index (χ3v) is 3.02. The van der Waals surface area contributed by atoms with Gasteiger partial charge in [-0.15, -0.1) is 6.42 Å². The SMILES string of the molecule is C#CCN(CC1CC1)c1ccc(C(C)O)nc1. The van der Waals surface area contributed by atoms with E-state index in [1.165, 1.54) is 12.8 Å². The molecule has 1 atom stereocenters. The second-order valence-corrected chi connectivity index (χ2v) is 4.65. The first-order valence-corrected chi connectivity index (χ1v) is 6.03. The maximum absolute atomic E-state index is 9.40. The number of aliphatic hydroxyl groups excluding tert-OH is 1. The molecule has 3 heteroatoms. The molecule has 0 amide bonds. The molecule has 1 aliphatic rings. The number of hydrogen-bond donors (Lipinski definition) is 1. The van der Waals surface area contributed by atoms with Gasteiger partial charge < -0.3 is 10.0 Å². The largest absolute Gasteiger partial charge is 0.387 e. The Labute approximate surface area is 102 Å². The van der Waals surface area contributed by atoms with Crippen LogP contribution in [0.15, 0.2) is 18.3 Å². The Hall–Kier alpha value is -1.53.